The van der Waals surface area contributed by atoms with Crippen LogP contribution in [0.15, 0.2) is 29.3 Å². The zero-order valence-corrected chi connectivity index (χ0v) is 16.7. The molecular formula is C17H26F2IN3O2. The molecule has 2 N–H and O–H groups in total. The maximum absolute atomic E-state index is 12.2. The summed E-state index contributed by atoms with van der Waals surface area (Å²) in [5.74, 6) is 1.61. The van der Waals surface area contributed by atoms with E-state index < -0.39 is 6.61 Å². The lowest BCUT2D eigenvalue weighted by Gasteiger charge is -2.13. The summed E-state index contributed by atoms with van der Waals surface area (Å²) < 4.78 is 34.4. The second-order valence-corrected chi connectivity index (χ2v) is 5.75. The summed E-state index contributed by atoms with van der Waals surface area (Å²) >= 11 is 0. The number of nitrogens with one attached hydrogen (secondary N) is 2. The van der Waals surface area contributed by atoms with Gasteiger partial charge in [-0.25, -0.2) is 0 Å². The van der Waals surface area contributed by atoms with Crippen molar-refractivity contribution in [1.82, 2.24) is 10.6 Å². The number of hydrogen-bond donors (Lipinski definition) is 2. The molecule has 0 aromatic heterocycles. The third-order valence-electron chi connectivity index (χ3n) is 3.62. The summed E-state index contributed by atoms with van der Waals surface area (Å²) in [6.07, 6.45) is 3.52. The second-order valence-electron chi connectivity index (χ2n) is 5.75. The predicted octanol–water partition coefficient (Wildman–Crippen LogP) is 3.39. The van der Waals surface area contributed by atoms with E-state index in [1.54, 1.807) is 19.2 Å². The predicted molar refractivity (Wildman–Crippen MR) is 105 cm³/mol. The van der Waals surface area contributed by atoms with Gasteiger partial charge in [-0.05, 0) is 42.9 Å². The van der Waals surface area contributed by atoms with Crippen LogP contribution in [0.25, 0.3) is 0 Å². The molecule has 0 spiro atoms. The van der Waals surface area contributed by atoms with Crippen molar-refractivity contribution in [2.75, 3.05) is 26.8 Å². The number of alkyl halides is 2. The van der Waals surface area contributed by atoms with E-state index in [1.807, 2.05) is 6.07 Å². The smallest absolute Gasteiger partial charge is 0.387 e. The SMILES string of the molecule is CN=C(NCCCOCC1CC1)NCc1cccc(OC(F)F)c1.I. The van der Waals surface area contributed by atoms with Crippen LogP contribution in [0.4, 0.5) is 8.78 Å². The Bertz CT molecular complexity index is 528. The third-order valence-corrected chi connectivity index (χ3v) is 3.62. The second kappa shape index (κ2) is 12.2. The summed E-state index contributed by atoms with van der Waals surface area (Å²) in [6, 6.07) is 6.61. The fourth-order valence-electron chi connectivity index (χ4n) is 2.15. The van der Waals surface area contributed by atoms with E-state index in [-0.39, 0.29) is 29.7 Å². The molecule has 0 unspecified atom stereocenters. The number of guanidine groups is 1. The molecule has 1 aliphatic rings. The van der Waals surface area contributed by atoms with Crippen LogP contribution in [0, 0.1) is 5.92 Å². The fourth-order valence-corrected chi connectivity index (χ4v) is 2.15. The maximum Gasteiger partial charge on any atom is 0.387 e. The molecule has 0 amide bonds. The van der Waals surface area contributed by atoms with E-state index in [2.05, 4.69) is 20.4 Å². The molecule has 0 atom stereocenters. The number of hydrogen-bond acceptors (Lipinski definition) is 3. The van der Waals surface area contributed by atoms with Crippen LogP contribution < -0.4 is 15.4 Å². The molecule has 1 aromatic rings. The van der Waals surface area contributed by atoms with E-state index >= 15 is 0 Å². The monoisotopic (exact) mass is 469 g/mol. The lowest BCUT2D eigenvalue weighted by atomic mass is 10.2. The van der Waals surface area contributed by atoms with Gasteiger partial charge in [-0.2, -0.15) is 8.78 Å². The Balaban J connectivity index is 0.00000312. The van der Waals surface area contributed by atoms with Crippen LogP contribution in [0.3, 0.4) is 0 Å². The minimum Gasteiger partial charge on any atom is -0.435 e. The van der Waals surface area contributed by atoms with Crippen molar-refractivity contribution in [3.8, 4) is 5.75 Å². The lowest BCUT2D eigenvalue weighted by Crippen LogP contribution is -2.37. The van der Waals surface area contributed by atoms with E-state index in [1.165, 1.54) is 18.9 Å². The normalized spacial score (nSPS) is 14.2. The topological polar surface area (TPSA) is 54.9 Å². The molecule has 0 heterocycles. The van der Waals surface area contributed by atoms with Crippen molar-refractivity contribution >= 4 is 29.9 Å². The zero-order chi connectivity index (χ0) is 17.2. The van der Waals surface area contributed by atoms with Gasteiger partial charge in [-0.1, -0.05) is 12.1 Å². The maximum atomic E-state index is 12.2. The van der Waals surface area contributed by atoms with Crippen LogP contribution in [0.2, 0.25) is 0 Å². The Morgan fingerprint density at radius 3 is 2.80 bits per heavy atom. The summed E-state index contributed by atoms with van der Waals surface area (Å²) in [4.78, 5) is 4.13. The summed E-state index contributed by atoms with van der Waals surface area (Å²) in [7, 11) is 1.69. The number of benzene rings is 1. The first-order chi connectivity index (χ1) is 11.7. The number of ether oxygens (including phenoxy) is 2. The highest BCUT2D eigenvalue weighted by Crippen LogP contribution is 2.28. The Hall–Kier alpha value is -1.16. The molecule has 0 saturated heterocycles. The van der Waals surface area contributed by atoms with Crippen molar-refractivity contribution in [3.63, 3.8) is 0 Å². The van der Waals surface area contributed by atoms with Crippen molar-refractivity contribution < 1.29 is 18.3 Å². The van der Waals surface area contributed by atoms with E-state index in [9.17, 15) is 8.78 Å². The number of nitrogens with zero attached hydrogens (tertiary/aromatic N) is 1. The fraction of sp³-hybridized carbons (Fsp3) is 0.588. The van der Waals surface area contributed by atoms with Gasteiger partial charge in [0.05, 0.1) is 0 Å². The standard InChI is InChI=1S/C17H25F2N3O2.HI/c1-20-17(21-8-3-9-23-12-13-6-7-13)22-11-14-4-2-5-15(10-14)24-16(18)19;/h2,4-5,10,13,16H,3,6-9,11-12H2,1H3,(H2,20,21,22);1H. The molecule has 5 nitrogen and oxygen atoms in total. The van der Waals surface area contributed by atoms with Crippen molar-refractivity contribution in [3.05, 3.63) is 29.8 Å². The van der Waals surface area contributed by atoms with Crippen LogP contribution in [-0.4, -0.2) is 39.4 Å². The van der Waals surface area contributed by atoms with Gasteiger partial charge in [-0.15, -0.1) is 24.0 Å². The Morgan fingerprint density at radius 1 is 1.32 bits per heavy atom. The van der Waals surface area contributed by atoms with E-state index in [0.717, 1.165) is 37.7 Å². The zero-order valence-electron chi connectivity index (χ0n) is 14.3. The van der Waals surface area contributed by atoms with Gasteiger partial charge in [0.1, 0.15) is 5.75 Å². The first-order valence-corrected chi connectivity index (χ1v) is 8.23. The average molecular weight is 469 g/mol. The quantitative estimate of drug-likeness (QED) is 0.239. The largest absolute Gasteiger partial charge is 0.435 e. The van der Waals surface area contributed by atoms with Crippen LogP contribution in [0.1, 0.15) is 24.8 Å². The molecule has 8 heteroatoms. The Kier molecular flexibility index (Phi) is 10.7. The van der Waals surface area contributed by atoms with Gasteiger partial charge in [0.25, 0.3) is 0 Å². The molecular weight excluding hydrogens is 443 g/mol. The molecule has 142 valence electrons. The summed E-state index contributed by atoms with van der Waals surface area (Å²) in [5, 5.41) is 6.34. The molecule has 0 radical (unpaired) electrons. The van der Waals surface area contributed by atoms with Crippen molar-refractivity contribution in [2.45, 2.75) is 32.4 Å². The first kappa shape index (κ1) is 21.9. The molecule has 1 saturated carbocycles. The molecule has 1 aliphatic carbocycles. The minimum absolute atomic E-state index is 0. The molecule has 0 bridgehead atoms. The van der Waals surface area contributed by atoms with Crippen LogP contribution in [0.5, 0.6) is 5.75 Å². The van der Waals surface area contributed by atoms with Crippen molar-refractivity contribution in [1.29, 1.82) is 0 Å². The van der Waals surface area contributed by atoms with Gasteiger partial charge < -0.3 is 20.1 Å². The lowest BCUT2D eigenvalue weighted by molar-refractivity contribution is -0.0498. The Labute approximate surface area is 164 Å². The third kappa shape index (κ3) is 9.78. The van der Waals surface area contributed by atoms with E-state index in [0.29, 0.717) is 12.5 Å². The van der Waals surface area contributed by atoms with Crippen LogP contribution in [-0.2, 0) is 11.3 Å². The summed E-state index contributed by atoms with van der Waals surface area (Å²) in [6.45, 7) is 0.0408. The van der Waals surface area contributed by atoms with Gasteiger partial charge in [0.15, 0.2) is 5.96 Å². The highest BCUT2D eigenvalue weighted by atomic mass is 127. The molecule has 1 fully saturated rings. The molecule has 2 rings (SSSR count). The average Bonchev–Trinajstić information content (AvgIpc) is 3.37. The first-order valence-electron chi connectivity index (χ1n) is 8.23. The van der Waals surface area contributed by atoms with E-state index in [4.69, 9.17) is 4.74 Å². The van der Waals surface area contributed by atoms with Gasteiger partial charge >= 0.3 is 6.61 Å². The number of rotatable bonds is 10. The Morgan fingerprint density at radius 2 is 2.12 bits per heavy atom. The highest BCUT2D eigenvalue weighted by Gasteiger charge is 2.20. The molecule has 25 heavy (non-hydrogen) atoms. The van der Waals surface area contributed by atoms with Crippen molar-refractivity contribution in [2.24, 2.45) is 10.9 Å². The number of halogens is 3. The van der Waals surface area contributed by atoms with Gasteiger partial charge in [0, 0.05) is 33.4 Å². The highest BCUT2D eigenvalue weighted by molar-refractivity contribution is 14.0. The van der Waals surface area contributed by atoms with Gasteiger partial charge in [-0.3, -0.25) is 4.99 Å². The summed E-state index contributed by atoms with van der Waals surface area (Å²) in [5.41, 5.74) is 0.837. The minimum atomic E-state index is -2.82. The molecule has 1 aromatic carbocycles. The molecule has 0 aliphatic heterocycles. The van der Waals surface area contributed by atoms with Gasteiger partial charge in [0.2, 0.25) is 0 Å². The van der Waals surface area contributed by atoms with Crippen LogP contribution >= 0.6 is 24.0 Å². The number of aliphatic imine (C=N–C) groups is 1.